The Balaban J connectivity index is 1.59. The summed E-state index contributed by atoms with van der Waals surface area (Å²) in [6.07, 6.45) is 6.81. The Morgan fingerprint density at radius 3 is 2.56 bits per heavy atom. The van der Waals surface area contributed by atoms with Gasteiger partial charge in [-0.1, -0.05) is 0 Å². The molecule has 9 heteroatoms. The van der Waals surface area contributed by atoms with Crippen LogP contribution in [0.3, 0.4) is 0 Å². The van der Waals surface area contributed by atoms with E-state index in [1.807, 2.05) is 0 Å². The fourth-order valence-corrected chi connectivity index (χ4v) is 4.18. The third-order valence-electron chi connectivity index (χ3n) is 4.01. The Labute approximate surface area is 144 Å². The van der Waals surface area contributed by atoms with Crippen molar-refractivity contribution < 1.29 is 21.9 Å². The molecule has 1 saturated carbocycles. The Kier molecular flexibility index (Phi) is 5.24. The van der Waals surface area contributed by atoms with Crippen molar-refractivity contribution >= 4 is 10.0 Å². The number of hydrogen-bond acceptors (Lipinski definition) is 5. The molecule has 0 aliphatic heterocycles. The van der Waals surface area contributed by atoms with Crippen LogP contribution in [0.15, 0.2) is 41.7 Å². The highest BCUT2D eigenvalue weighted by molar-refractivity contribution is 7.89. The Bertz CT molecular complexity index is 826. The summed E-state index contributed by atoms with van der Waals surface area (Å²) in [6.45, 7) is 0. The number of halogens is 2. The molecule has 1 aromatic heterocycles. The second-order valence-corrected chi connectivity index (χ2v) is 7.51. The fraction of sp³-hybridized carbons (Fsp3) is 0.375. The van der Waals surface area contributed by atoms with Crippen LogP contribution >= 0.6 is 0 Å². The van der Waals surface area contributed by atoms with Crippen LogP contribution in [0.25, 0.3) is 0 Å². The van der Waals surface area contributed by atoms with Gasteiger partial charge in [0.25, 0.3) is 0 Å². The highest BCUT2D eigenvalue weighted by atomic mass is 32.2. The van der Waals surface area contributed by atoms with Crippen LogP contribution in [-0.2, 0) is 10.0 Å². The normalized spacial score (nSPS) is 21.0. The maximum absolute atomic E-state index is 13.7. The largest absolute Gasteiger partial charge is 0.473 e. The number of rotatable bonds is 5. The van der Waals surface area contributed by atoms with Crippen LogP contribution in [0, 0.1) is 11.6 Å². The molecule has 0 amide bonds. The lowest BCUT2D eigenvalue weighted by Gasteiger charge is -2.28. The van der Waals surface area contributed by atoms with Crippen molar-refractivity contribution in [3.05, 3.63) is 48.4 Å². The van der Waals surface area contributed by atoms with E-state index in [-0.39, 0.29) is 12.1 Å². The fourth-order valence-electron chi connectivity index (χ4n) is 2.78. The third kappa shape index (κ3) is 4.49. The van der Waals surface area contributed by atoms with E-state index >= 15 is 0 Å². The Morgan fingerprint density at radius 2 is 1.88 bits per heavy atom. The molecule has 1 aliphatic rings. The van der Waals surface area contributed by atoms with Gasteiger partial charge in [-0.25, -0.2) is 26.9 Å². The molecule has 3 rings (SSSR count). The van der Waals surface area contributed by atoms with Gasteiger partial charge in [-0.2, -0.15) is 0 Å². The van der Waals surface area contributed by atoms with Crippen LogP contribution in [0.1, 0.15) is 25.7 Å². The quantitative estimate of drug-likeness (QED) is 0.875. The van der Waals surface area contributed by atoms with Gasteiger partial charge in [0.15, 0.2) is 0 Å². The highest BCUT2D eigenvalue weighted by Gasteiger charge is 2.28. The lowest BCUT2D eigenvalue weighted by molar-refractivity contribution is 0.138. The van der Waals surface area contributed by atoms with Crippen LogP contribution in [0.5, 0.6) is 5.88 Å². The summed E-state index contributed by atoms with van der Waals surface area (Å²) in [4.78, 5) is 7.28. The smallest absolute Gasteiger partial charge is 0.243 e. The minimum atomic E-state index is -4.12. The van der Waals surface area contributed by atoms with Crippen molar-refractivity contribution in [2.24, 2.45) is 0 Å². The SMILES string of the molecule is O=S(=O)(NC1CCC(Oc2cnccn2)CC1)c1cc(F)ccc1F. The average molecular weight is 369 g/mol. The summed E-state index contributed by atoms with van der Waals surface area (Å²) in [7, 11) is -4.12. The van der Waals surface area contributed by atoms with Gasteiger partial charge in [0.1, 0.15) is 22.6 Å². The van der Waals surface area contributed by atoms with Crippen molar-refractivity contribution in [2.45, 2.75) is 42.7 Å². The van der Waals surface area contributed by atoms with Crippen molar-refractivity contribution in [1.29, 1.82) is 0 Å². The zero-order chi connectivity index (χ0) is 17.9. The first kappa shape index (κ1) is 17.7. The van der Waals surface area contributed by atoms with Gasteiger partial charge in [-0.05, 0) is 43.9 Å². The highest BCUT2D eigenvalue weighted by Crippen LogP contribution is 2.24. The number of nitrogens with one attached hydrogen (secondary N) is 1. The summed E-state index contributed by atoms with van der Waals surface area (Å²) >= 11 is 0. The average Bonchev–Trinajstić information content (AvgIpc) is 2.59. The topological polar surface area (TPSA) is 81.2 Å². The molecule has 0 bridgehead atoms. The van der Waals surface area contributed by atoms with Gasteiger partial charge in [-0.15, -0.1) is 0 Å². The number of benzene rings is 1. The standard InChI is InChI=1S/C16H17F2N3O3S/c17-11-1-6-14(18)15(9-11)25(22,23)21-12-2-4-13(5-3-12)24-16-10-19-7-8-20-16/h1,6-10,12-13,21H,2-5H2. The maximum Gasteiger partial charge on any atom is 0.243 e. The molecular formula is C16H17F2N3O3S. The number of sulfonamides is 1. The summed E-state index contributed by atoms with van der Waals surface area (Å²) in [5, 5.41) is 0. The zero-order valence-corrected chi connectivity index (χ0v) is 14.0. The molecule has 25 heavy (non-hydrogen) atoms. The first-order valence-corrected chi connectivity index (χ1v) is 9.32. The second-order valence-electron chi connectivity index (χ2n) is 5.83. The number of hydrogen-bond donors (Lipinski definition) is 1. The van der Waals surface area contributed by atoms with Gasteiger partial charge in [0, 0.05) is 18.4 Å². The number of ether oxygens (including phenoxy) is 1. The molecule has 0 unspecified atom stereocenters. The van der Waals surface area contributed by atoms with Crippen LogP contribution < -0.4 is 9.46 Å². The van der Waals surface area contributed by atoms with E-state index in [0.717, 1.165) is 12.1 Å². The molecule has 1 aliphatic carbocycles. The van der Waals surface area contributed by atoms with Gasteiger partial charge in [0.05, 0.1) is 6.20 Å². The minimum absolute atomic E-state index is 0.0802. The molecule has 134 valence electrons. The molecule has 0 radical (unpaired) electrons. The molecule has 1 N–H and O–H groups in total. The van der Waals surface area contributed by atoms with E-state index in [4.69, 9.17) is 4.74 Å². The third-order valence-corrected chi connectivity index (χ3v) is 5.54. The van der Waals surface area contributed by atoms with E-state index in [2.05, 4.69) is 14.7 Å². The van der Waals surface area contributed by atoms with E-state index in [1.165, 1.54) is 12.4 Å². The van der Waals surface area contributed by atoms with Crippen LogP contribution in [0.4, 0.5) is 8.78 Å². The van der Waals surface area contributed by atoms with Crippen LogP contribution in [0.2, 0.25) is 0 Å². The molecular weight excluding hydrogens is 352 g/mol. The van der Waals surface area contributed by atoms with E-state index in [0.29, 0.717) is 37.6 Å². The number of nitrogens with zero attached hydrogens (tertiary/aromatic N) is 2. The molecule has 0 spiro atoms. The predicted octanol–water partition coefficient (Wildman–Crippen LogP) is 2.42. The van der Waals surface area contributed by atoms with Crippen molar-refractivity contribution in [1.82, 2.24) is 14.7 Å². The maximum atomic E-state index is 13.7. The summed E-state index contributed by atoms with van der Waals surface area (Å²) in [5.41, 5.74) is 0. The van der Waals surface area contributed by atoms with Gasteiger partial charge in [0.2, 0.25) is 15.9 Å². The second kappa shape index (κ2) is 7.40. The molecule has 1 aromatic carbocycles. The van der Waals surface area contributed by atoms with Crippen molar-refractivity contribution in [3.8, 4) is 5.88 Å². The number of aromatic nitrogens is 2. The van der Waals surface area contributed by atoms with Gasteiger partial charge >= 0.3 is 0 Å². The zero-order valence-electron chi connectivity index (χ0n) is 13.2. The first-order valence-electron chi connectivity index (χ1n) is 7.84. The van der Waals surface area contributed by atoms with Crippen LogP contribution in [-0.4, -0.2) is 30.5 Å². The molecule has 1 heterocycles. The van der Waals surface area contributed by atoms with Gasteiger partial charge < -0.3 is 4.74 Å². The summed E-state index contributed by atoms with van der Waals surface area (Å²) < 4.78 is 59.6. The van der Waals surface area contributed by atoms with Crippen molar-refractivity contribution in [2.75, 3.05) is 0 Å². The van der Waals surface area contributed by atoms with E-state index in [9.17, 15) is 17.2 Å². The lowest BCUT2D eigenvalue weighted by Crippen LogP contribution is -2.40. The molecule has 2 aromatic rings. The monoisotopic (exact) mass is 369 g/mol. The molecule has 0 atom stereocenters. The minimum Gasteiger partial charge on any atom is -0.473 e. The Hall–Kier alpha value is -2.13. The predicted molar refractivity (Wildman–Crippen MR) is 85.4 cm³/mol. The molecule has 6 nitrogen and oxygen atoms in total. The first-order chi connectivity index (χ1) is 11.9. The summed E-state index contributed by atoms with van der Waals surface area (Å²) in [5.74, 6) is -1.36. The van der Waals surface area contributed by atoms with Gasteiger partial charge in [-0.3, -0.25) is 4.98 Å². The van der Waals surface area contributed by atoms with Crippen molar-refractivity contribution in [3.63, 3.8) is 0 Å². The van der Waals surface area contributed by atoms with E-state index in [1.54, 1.807) is 6.20 Å². The summed E-state index contributed by atoms with van der Waals surface area (Å²) in [6, 6.07) is 2.01. The lowest BCUT2D eigenvalue weighted by atomic mass is 9.94. The Morgan fingerprint density at radius 1 is 1.12 bits per heavy atom. The molecule has 1 fully saturated rings. The molecule has 0 saturated heterocycles. The van der Waals surface area contributed by atoms with E-state index < -0.39 is 26.6 Å².